The molecule has 0 saturated carbocycles. The summed E-state index contributed by atoms with van der Waals surface area (Å²) in [5.74, 6) is 7.33. The first-order valence-corrected chi connectivity index (χ1v) is 10.7. The van der Waals surface area contributed by atoms with Gasteiger partial charge in [-0.2, -0.15) is 0 Å². The number of ketones is 1. The molecule has 140 valence electrons. The smallest absolute Gasteiger partial charge is 0.135 e. The Hall–Kier alpha value is -0.770. The molecule has 0 rings (SSSR count). The van der Waals surface area contributed by atoms with Gasteiger partial charge in [0.15, 0.2) is 0 Å². The topological polar surface area (TPSA) is 17.1 Å². The van der Waals surface area contributed by atoms with Crippen LogP contribution >= 0.6 is 0 Å². The van der Waals surface area contributed by atoms with Crippen molar-refractivity contribution < 1.29 is 4.79 Å². The second-order valence-corrected chi connectivity index (χ2v) is 7.13. The van der Waals surface area contributed by atoms with Gasteiger partial charge in [-0.25, -0.2) is 0 Å². The number of Topliss-reactive ketones (excluding diaryl/α,β-unsaturated/α-hetero) is 1. The van der Waals surface area contributed by atoms with Gasteiger partial charge in [-0.15, -0.1) is 11.8 Å². The van der Waals surface area contributed by atoms with Crippen LogP contribution in [0.3, 0.4) is 0 Å². The Morgan fingerprint density at radius 2 is 1.17 bits per heavy atom. The highest BCUT2D eigenvalue weighted by Crippen LogP contribution is 2.20. The van der Waals surface area contributed by atoms with Gasteiger partial charge in [-0.1, -0.05) is 78.6 Å². The van der Waals surface area contributed by atoms with E-state index < -0.39 is 0 Å². The van der Waals surface area contributed by atoms with Gasteiger partial charge in [-0.3, -0.25) is 4.79 Å². The third-order valence-electron chi connectivity index (χ3n) is 4.84. The van der Waals surface area contributed by atoms with Gasteiger partial charge < -0.3 is 0 Å². The minimum atomic E-state index is 0.318. The van der Waals surface area contributed by atoms with Crippen LogP contribution in [-0.4, -0.2) is 5.78 Å². The lowest BCUT2D eigenvalue weighted by Crippen LogP contribution is -2.13. The van der Waals surface area contributed by atoms with Crippen LogP contribution in [0.15, 0.2) is 0 Å². The Balaban J connectivity index is 3.77. The van der Waals surface area contributed by atoms with E-state index in [9.17, 15) is 4.79 Å². The second kappa shape index (κ2) is 18.6. The molecule has 0 aromatic rings. The number of rotatable bonds is 16. The fraction of sp³-hybridized carbons (Fsp3) is 0.870. The molecule has 0 aliphatic heterocycles. The zero-order valence-corrected chi connectivity index (χ0v) is 16.8. The Labute approximate surface area is 152 Å². The van der Waals surface area contributed by atoms with Crippen LogP contribution in [0.4, 0.5) is 0 Å². The van der Waals surface area contributed by atoms with Crippen molar-refractivity contribution in [2.75, 3.05) is 0 Å². The van der Waals surface area contributed by atoms with E-state index in [2.05, 4.69) is 25.7 Å². The predicted octanol–water partition coefficient (Wildman–Crippen LogP) is 7.48. The summed E-state index contributed by atoms with van der Waals surface area (Å²) in [6, 6.07) is 0. The molecule has 1 unspecified atom stereocenters. The van der Waals surface area contributed by atoms with Crippen LogP contribution in [0.2, 0.25) is 0 Å². The normalized spacial score (nSPS) is 11.8. The summed E-state index contributed by atoms with van der Waals surface area (Å²) in [5.41, 5.74) is 0. The van der Waals surface area contributed by atoms with Crippen molar-refractivity contribution in [1.82, 2.24) is 0 Å². The lowest BCUT2D eigenvalue weighted by molar-refractivity contribution is -0.123. The fourth-order valence-corrected chi connectivity index (χ4v) is 3.15. The van der Waals surface area contributed by atoms with Crippen molar-refractivity contribution >= 4 is 5.78 Å². The molecule has 0 aliphatic carbocycles. The van der Waals surface area contributed by atoms with E-state index in [0.29, 0.717) is 18.1 Å². The zero-order chi connectivity index (χ0) is 17.9. The van der Waals surface area contributed by atoms with Crippen molar-refractivity contribution in [2.24, 2.45) is 5.92 Å². The van der Waals surface area contributed by atoms with E-state index in [1.165, 1.54) is 57.8 Å². The molecule has 0 aromatic heterocycles. The SMILES string of the molecule is CCCCC#CCCCCC(CCCCCCCCC)C(=O)CC. The van der Waals surface area contributed by atoms with Crippen LogP contribution in [0.1, 0.15) is 124 Å². The minimum Gasteiger partial charge on any atom is -0.299 e. The van der Waals surface area contributed by atoms with E-state index in [0.717, 1.165) is 38.5 Å². The highest BCUT2D eigenvalue weighted by molar-refractivity contribution is 5.80. The average molecular weight is 335 g/mol. The molecule has 0 radical (unpaired) electrons. The zero-order valence-electron chi connectivity index (χ0n) is 16.8. The maximum absolute atomic E-state index is 12.1. The highest BCUT2D eigenvalue weighted by Gasteiger charge is 2.15. The number of carbonyl (C=O) groups excluding carboxylic acids is 1. The summed E-state index contributed by atoms with van der Waals surface area (Å²) < 4.78 is 0. The van der Waals surface area contributed by atoms with E-state index in [-0.39, 0.29) is 0 Å². The van der Waals surface area contributed by atoms with Gasteiger partial charge in [0, 0.05) is 25.2 Å². The summed E-state index contributed by atoms with van der Waals surface area (Å²) in [7, 11) is 0. The van der Waals surface area contributed by atoms with Gasteiger partial charge in [0.2, 0.25) is 0 Å². The molecule has 0 amide bonds. The van der Waals surface area contributed by atoms with Gasteiger partial charge in [0.25, 0.3) is 0 Å². The quantitative estimate of drug-likeness (QED) is 0.211. The molecule has 24 heavy (non-hydrogen) atoms. The molecule has 1 heteroatoms. The summed E-state index contributed by atoms with van der Waals surface area (Å²) in [4.78, 5) is 12.1. The molecule has 0 heterocycles. The van der Waals surface area contributed by atoms with Crippen molar-refractivity contribution in [2.45, 2.75) is 124 Å². The lowest BCUT2D eigenvalue weighted by Gasteiger charge is -2.14. The molecular weight excluding hydrogens is 292 g/mol. The molecule has 1 nitrogen and oxygen atoms in total. The molecule has 0 bridgehead atoms. The van der Waals surface area contributed by atoms with Crippen LogP contribution in [-0.2, 0) is 4.79 Å². The first-order chi connectivity index (χ1) is 11.8. The predicted molar refractivity (Wildman–Crippen MR) is 107 cm³/mol. The Morgan fingerprint density at radius 1 is 0.667 bits per heavy atom. The summed E-state index contributed by atoms with van der Waals surface area (Å²) in [6.45, 7) is 6.48. The summed E-state index contributed by atoms with van der Waals surface area (Å²) >= 11 is 0. The number of unbranched alkanes of at least 4 members (excludes halogenated alkanes) is 10. The first kappa shape index (κ1) is 23.2. The number of carbonyl (C=O) groups is 1. The second-order valence-electron chi connectivity index (χ2n) is 7.13. The Bertz CT molecular complexity index is 334. The fourth-order valence-electron chi connectivity index (χ4n) is 3.15. The molecule has 0 N–H and O–H groups in total. The lowest BCUT2D eigenvalue weighted by atomic mass is 9.90. The minimum absolute atomic E-state index is 0.318. The monoisotopic (exact) mass is 334 g/mol. The Morgan fingerprint density at radius 3 is 1.75 bits per heavy atom. The van der Waals surface area contributed by atoms with Crippen molar-refractivity contribution in [1.29, 1.82) is 0 Å². The molecule has 0 fully saturated rings. The van der Waals surface area contributed by atoms with Gasteiger partial charge >= 0.3 is 0 Å². The van der Waals surface area contributed by atoms with Gasteiger partial charge in [0.1, 0.15) is 5.78 Å². The standard InChI is InChI=1S/C23H42O/c1-4-7-9-11-13-15-17-19-21-22(23(24)6-3)20-18-16-14-12-10-8-5-2/h22H,4-10,12,14-21H2,1-3H3. The third kappa shape index (κ3) is 14.8. The van der Waals surface area contributed by atoms with Crippen LogP contribution in [0.25, 0.3) is 0 Å². The summed E-state index contributed by atoms with van der Waals surface area (Å²) in [5, 5.41) is 0. The maximum atomic E-state index is 12.1. The average Bonchev–Trinajstić information content (AvgIpc) is 2.60. The van der Waals surface area contributed by atoms with E-state index in [4.69, 9.17) is 0 Å². The van der Waals surface area contributed by atoms with Gasteiger partial charge in [0.05, 0.1) is 0 Å². The molecule has 0 saturated heterocycles. The van der Waals surface area contributed by atoms with Crippen LogP contribution in [0, 0.1) is 17.8 Å². The van der Waals surface area contributed by atoms with E-state index >= 15 is 0 Å². The first-order valence-electron chi connectivity index (χ1n) is 10.7. The number of hydrogen-bond acceptors (Lipinski definition) is 1. The van der Waals surface area contributed by atoms with E-state index in [1.807, 2.05) is 6.92 Å². The van der Waals surface area contributed by atoms with Gasteiger partial charge in [-0.05, 0) is 25.7 Å². The largest absolute Gasteiger partial charge is 0.299 e. The van der Waals surface area contributed by atoms with Crippen molar-refractivity contribution in [3.05, 3.63) is 0 Å². The van der Waals surface area contributed by atoms with Crippen LogP contribution < -0.4 is 0 Å². The van der Waals surface area contributed by atoms with Crippen molar-refractivity contribution in [3.63, 3.8) is 0 Å². The molecule has 0 aromatic carbocycles. The molecule has 1 atom stereocenters. The Kier molecular flexibility index (Phi) is 18.0. The highest BCUT2D eigenvalue weighted by atomic mass is 16.1. The van der Waals surface area contributed by atoms with Crippen molar-refractivity contribution in [3.8, 4) is 11.8 Å². The molecular formula is C23H42O. The number of hydrogen-bond donors (Lipinski definition) is 0. The summed E-state index contributed by atoms with van der Waals surface area (Å²) in [6.07, 6.45) is 19.1. The van der Waals surface area contributed by atoms with E-state index in [1.54, 1.807) is 0 Å². The molecule has 0 spiro atoms. The maximum Gasteiger partial charge on any atom is 0.135 e. The van der Waals surface area contributed by atoms with Crippen LogP contribution in [0.5, 0.6) is 0 Å². The molecule has 0 aliphatic rings. The third-order valence-corrected chi connectivity index (χ3v) is 4.84.